The van der Waals surface area contributed by atoms with Gasteiger partial charge in [-0.1, -0.05) is 13.8 Å². The molecule has 2 aliphatic rings. The topological polar surface area (TPSA) is 52.0 Å². The molecule has 1 saturated heterocycles. The molecular weight excluding hydrogens is 464 g/mol. The predicted molar refractivity (Wildman–Crippen MR) is 145 cm³/mol. The van der Waals surface area contributed by atoms with E-state index in [4.69, 9.17) is 0 Å². The van der Waals surface area contributed by atoms with Crippen molar-refractivity contribution in [3.63, 3.8) is 0 Å². The molecule has 3 heterocycles. The number of thioether (sulfide) groups is 2. The molecule has 8 heteroatoms. The van der Waals surface area contributed by atoms with Gasteiger partial charge in [-0.05, 0) is 61.2 Å². The number of aromatic nitrogens is 1. The molecule has 34 heavy (non-hydrogen) atoms. The molecule has 0 unspecified atom stereocenters. The highest BCUT2D eigenvalue weighted by Gasteiger charge is 2.42. The summed E-state index contributed by atoms with van der Waals surface area (Å²) in [4.78, 5) is 20.5. The standard InChI is InChI=1S/C26H38N4O2S2/c1-4-33-26(34-5-2)12-16-30(25(32)23-11-15-27(3)24(23)26)14-6-13-28-17-19-29(20-18-28)21-7-9-22(31)10-8-21/h7-11,15,31H,4-6,12-14,16-20H2,1-3H3. The number of benzene rings is 1. The first kappa shape index (κ1) is 25.3. The fourth-order valence-corrected chi connectivity index (χ4v) is 8.46. The van der Waals surface area contributed by atoms with Crippen LogP contribution < -0.4 is 4.90 Å². The fraction of sp³-hybridized carbons (Fsp3) is 0.577. The predicted octanol–water partition coefficient (Wildman–Crippen LogP) is 4.45. The van der Waals surface area contributed by atoms with Gasteiger partial charge in [0.2, 0.25) is 0 Å². The lowest BCUT2D eigenvalue weighted by Crippen LogP contribution is -2.47. The third-order valence-corrected chi connectivity index (χ3v) is 9.92. The van der Waals surface area contributed by atoms with E-state index in [-0.39, 0.29) is 9.99 Å². The smallest absolute Gasteiger partial charge is 0.255 e. The average molecular weight is 503 g/mol. The Kier molecular flexibility index (Phi) is 8.43. The van der Waals surface area contributed by atoms with Gasteiger partial charge in [0.1, 0.15) is 9.83 Å². The van der Waals surface area contributed by atoms with Gasteiger partial charge < -0.3 is 19.5 Å². The van der Waals surface area contributed by atoms with Crippen molar-refractivity contribution in [3.05, 3.63) is 47.8 Å². The van der Waals surface area contributed by atoms with Gasteiger partial charge in [-0.15, -0.1) is 23.5 Å². The normalized spacial score (nSPS) is 18.7. The second kappa shape index (κ2) is 11.3. The number of hydrogen-bond donors (Lipinski definition) is 1. The van der Waals surface area contributed by atoms with Crippen LogP contribution in [0.3, 0.4) is 0 Å². The number of phenols is 1. The summed E-state index contributed by atoms with van der Waals surface area (Å²) < 4.78 is 2.13. The van der Waals surface area contributed by atoms with E-state index >= 15 is 0 Å². The van der Waals surface area contributed by atoms with Gasteiger partial charge in [0.25, 0.3) is 5.91 Å². The van der Waals surface area contributed by atoms with E-state index in [1.807, 2.05) is 41.7 Å². The summed E-state index contributed by atoms with van der Waals surface area (Å²) in [6.45, 7) is 11.1. The number of rotatable bonds is 9. The van der Waals surface area contributed by atoms with Crippen molar-refractivity contribution in [1.82, 2.24) is 14.4 Å². The maximum absolute atomic E-state index is 13.5. The summed E-state index contributed by atoms with van der Waals surface area (Å²) in [6.07, 6.45) is 4.05. The van der Waals surface area contributed by atoms with Crippen LogP contribution in [0.25, 0.3) is 0 Å². The monoisotopic (exact) mass is 502 g/mol. The Bertz CT molecular complexity index is 948. The number of fused-ring (bicyclic) bond motifs is 1. The molecule has 0 atom stereocenters. The summed E-state index contributed by atoms with van der Waals surface area (Å²) >= 11 is 3.97. The van der Waals surface area contributed by atoms with Crippen LogP contribution in [0.2, 0.25) is 0 Å². The van der Waals surface area contributed by atoms with E-state index in [9.17, 15) is 9.90 Å². The number of phenolic OH excluding ortho intramolecular Hbond substituents is 1. The molecule has 0 radical (unpaired) electrons. The van der Waals surface area contributed by atoms with Crippen LogP contribution in [0.15, 0.2) is 36.5 Å². The molecule has 1 amide bonds. The summed E-state index contributed by atoms with van der Waals surface area (Å²) in [5.41, 5.74) is 3.26. The van der Waals surface area contributed by atoms with Crippen molar-refractivity contribution in [2.24, 2.45) is 7.05 Å². The number of carbonyl (C=O) groups is 1. The van der Waals surface area contributed by atoms with E-state index in [0.29, 0.717) is 5.75 Å². The molecule has 6 nitrogen and oxygen atoms in total. The van der Waals surface area contributed by atoms with E-state index in [0.717, 1.165) is 75.7 Å². The minimum absolute atomic E-state index is 0.0496. The lowest BCUT2D eigenvalue weighted by atomic mass is 10.1. The Morgan fingerprint density at radius 2 is 1.62 bits per heavy atom. The van der Waals surface area contributed by atoms with E-state index < -0.39 is 0 Å². The van der Waals surface area contributed by atoms with Gasteiger partial charge >= 0.3 is 0 Å². The number of anilines is 1. The molecule has 1 fully saturated rings. The third-order valence-electron chi connectivity index (χ3n) is 6.91. The quantitative estimate of drug-likeness (QED) is 0.512. The number of aryl methyl sites for hydroxylation is 1. The maximum Gasteiger partial charge on any atom is 0.255 e. The van der Waals surface area contributed by atoms with Crippen LogP contribution in [-0.2, 0) is 11.1 Å². The molecule has 4 rings (SSSR count). The fourth-order valence-electron chi connectivity index (χ4n) is 5.23. The average Bonchev–Trinajstić information content (AvgIpc) is 3.19. The van der Waals surface area contributed by atoms with E-state index in [2.05, 4.69) is 46.4 Å². The first-order valence-electron chi connectivity index (χ1n) is 12.5. The highest BCUT2D eigenvalue weighted by atomic mass is 32.2. The van der Waals surface area contributed by atoms with Crippen LogP contribution in [0.5, 0.6) is 5.75 Å². The molecule has 0 spiro atoms. The number of nitrogens with zero attached hydrogens (tertiary/aromatic N) is 4. The van der Waals surface area contributed by atoms with Crippen molar-refractivity contribution in [2.45, 2.75) is 30.8 Å². The molecule has 1 aromatic heterocycles. The van der Waals surface area contributed by atoms with Gasteiger partial charge in [-0.2, -0.15) is 0 Å². The minimum Gasteiger partial charge on any atom is -0.508 e. The van der Waals surface area contributed by atoms with Gasteiger partial charge in [-0.25, -0.2) is 0 Å². The Labute approximate surface area is 212 Å². The molecular formula is C26H38N4O2S2. The van der Waals surface area contributed by atoms with Crippen LogP contribution >= 0.6 is 23.5 Å². The maximum atomic E-state index is 13.5. The Morgan fingerprint density at radius 1 is 0.941 bits per heavy atom. The molecule has 0 saturated carbocycles. The third kappa shape index (κ3) is 5.39. The number of piperazine rings is 1. The van der Waals surface area contributed by atoms with Gasteiger partial charge in [-0.3, -0.25) is 9.69 Å². The number of hydrogen-bond acceptors (Lipinski definition) is 6. The van der Waals surface area contributed by atoms with Gasteiger partial charge in [0.15, 0.2) is 0 Å². The Morgan fingerprint density at radius 3 is 2.26 bits per heavy atom. The zero-order chi connectivity index (χ0) is 24.1. The van der Waals surface area contributed by atoms with E-state index in [1.165, 1.54) is 11.4 Å². The number of carbonyl (C=O) groups excluding carboxylic acids is 1. The van der Waals surface area contributed by atoms with Crippen LogP contribution in [-0.4, -0.2) is 82.7 Å². The van der Waals surface area contributed by atoms with Crippen molar-refractivity contribution in [1.29, 1.82) is 0 Å². The van der Waals surface area contributed by atoms with Crippen LogP contribution in [0, 0.1) is 0 Å². The largest absolute Gasteiger partial charge is 0.508 e. The molecule has 0 aliphatic carbocycles. The van der Waals surface area contributed by atoms with Crippen molar-refractivity contribution < 1.29 is 9.90 Å². The first-order chi connectivity index (χ1) is 16.5. The SMILES string of the molecule is CCSC1(SCC)CCN(CCCN2CCN(c3ccc(O)cc3)CC2)C(=O)c2ccn(C)c21. The molecule has 1 aromatic carbocycles. The van der Waals surface area contributed by atoms with Crippen LogP contribution in [0.1, 0.15) is 42.7 Å². The lowest BCUT2D eigenvalue weighted by Gasteiger charge is -2.36. The lowest BCUT2D eigenvalue weighted by molar-refractivity contribution is 0.0752. The Balaban J connectivity index is 1.33. The number of aromatic hydroxyl groups is 1. The second-order valence-electron chi connectivity index (χ2n) is 9.05. The molecule has 186 valence electrons. The van der Waals surface area contributed by atoms with Gasteiger partial charge in [0, 0.05) is 58.2 Å². The summed E-state index contributed by atoms with van der Waals surface area (Å²) in [5.74, 6) is 2.60. The zero-order valence-corrected chi connectivity index (χ0v) is 22.3. The molecule has 2 aromatic rings. The summed E-state index contributed by atoms with van der Waals surface area (Å²) in [6, 6.07) is 9.51. The Hall–Kier alpha value is -1.77. The van der Waals surface area contributed by atoms with Crippen molar-refractivity contribution >= 4 is 35.1 Å². The number of amides is 1. The van der Waals surface area contributed by atoms with Crippen molar-refractivity contribution in [3.8, 4) is 5.75 Å². The minimum atomic E-state index is -0.0496. The first-order valence-corrected chi connectivity index (χ1v) is 14.4. The highest BCUT2D eigenvalue weighted by Crippen LogP contribution is 2.51. The molecule has 2 aliphatic heterocycles. The van der Waals surface area contributed by atoms with E-state index in [1.54, 1.807) is 12.1 Å². The highest BCUT2D eigenvalue weighted by molar-refractivity contribution is 8.17. The van der Waals surface area contributed by atoms with Crippen LogP contribution in [0.4, 0.5) is 5.69 Å². The molecule has 1 N–H and O–H groups in total. The zero-order valence-electron chi connectivity index (χ0n) is 20.7. The second-order valence-corrected chi connectivity index (χ2v) is 12.4. The summed E-state index contributed by atoms with van der Waals surface area (Å²) in [7, 11) is 2.08. The van der Waals surface area contributed by atoms with Crippen molar-refractivity contribution in [2.75, 3.05) is 62.2 Å². The van der Waals surface area contributed by atoms with Gasteiger partial charge in [0.05, 0.1) is 11.3 Å². The molecule has 0 bridgehead atoms. The summed E-state index contributed by atoms with van der Waals surface area (Å²) in [5, 5.41) is 9.52.